The molecular weight excluding hydrogens is 228 g/mol. The topological polar surface area (TPSA) is 0 Å². The Hall–Kier alpha value is -0.220. The van der Waals surface area contributed by atoms with Gasteiger partial charge in [-0.1, -0.05) is 11.2 Å². The molecule has 0 spiro atoms. The lowest BCUT2D eigenvalue weighted by molar-refractivity contribution is 0.388. The van der Waals surface area contributed by atoms with E-state index in [0.29, 0.717) is 0 Å². The van der Waals surface area contributed by atoms with E-state index in [4.69, 9.17) is 0 Å². The van der Waals surface area contributed by atoms with Gasteiger partial charge in [0.05, 0.1) is 0 Å². The highest BCUT2D eigenvalue weighted by Crippen LogP contribution is 2.60. The molecule has 0 saturated heterocycles. The quantitative estimate of drug-likeness (QED) is 0.475. The molecule has 70 valence electrons. The average molecular weight is 228 g/mol. The predicted octanol–water partition coefficient (Wildman–Crippen LogP) is 4.69. The molecule has 0 aromatic carbocycles. The van der Waals surface area contributed by atoms with Crippen LogP contribution in [0.15, 0.2) is 23.3 Å². The van der Waals surface area contributed by atoms with E-state index >= 15 is 0 Å². The lowest BCUT2D eigenvalue weighted by atomic mass is 11.1. The van der Waals surface area contributed by atoms with Gasteiger partial charge in [-0.25, -0.2) is 0 Å². The van der Waals surface area contributed by atoms with E-state index in [9.17, 15) is 26.3 Å². The van der Waals surface area contributed by atoms with Crippen molar-refractivity contribution >= 4 is 18.5 Å². The molecule has 0 N–H and O–H groups in total. The van der Waals surface area contributed by atoms with Crippen LogP contribution in [0.3, 0.4) is 0 Å². The van der Waals surface area contributed by atoms with Gasteiger partial charge >= 0.3 is 12.2 Å². The first kappa shape index (κ1) is 11.8. The molecule has 0 aliphatic carbocycles. The van der Waals surface area contributed by atoms with Crippen molar-refractivity contribution in [3.8, 4) is 0 Å². The Morgan fingerprint density at radius 3 is 1.17 bits per heavy atom. The van der Waals surface area contributed by atoms with E-state index in [-0.39, 0.29) is 0 Å². The highest BCUT2D eigenvalue weighted by molar-refractivity contribution is 7.90. The monoisotopic (exact) mass is 228 g/mol. The van der Waals surface area contributed by atoms with Gasteiger partial charge in [0.2, 0.25) is 11.1 Å². The van der Waals surface area contributed by atoms with E-state index < -0.39 is 30.6 Å². The largest absolute Gasteiger partial charge is 0.307 e. The summed E-state index contributed by atoms with van der Waals surface area (Å²) in [6.45, 7) is 0. The summed E-state index contributed by atoms with van der Waals surface area (Å²) in [6, 6.07) is 0. The Balaban J connectivity index is 4.75. The maximum absolute atomic E-state index is 11.9. The van der Waals surface area contributed by atoms with Crippen LogP contribution in [0, 0.1) is 0 Å². The van der Waals surface area contributed by atoms with Crippen LogP contribution >= 0.6 is 18.5 Å². The maximum Gasteiger partial charge on any atom is 0.307 e. The molecule has 0 amide bonds. The summed E-state index contributed by atoms with van der Waals surface area (Å²) in [6.07, 6.45) is -5.79. The van der Waals surface area contributed by atoms with Crippen LogP contribution < -0.4 is 0 Å². The molecule has 0 rings (SSSR count). The molecule has 0 atom stereocenters. The summed E-state index contributed by atoms with van der Waals surface area (Å²) < 4.78 is 69.1. The zero-order valence-corrected chi connectivity index (χ0v) is 6.74. The molecule has 0 radical (unpaired) electrons. The predicted molar refractivity (Wildman–Crippen MR) is 33.5 cm³/mol. The van der Waals surface area contributed by atoms with Crippen molar-refractivity contribution in [3.63, 3.8) is 0 Å². The summed E-state index contributed by atoms with van der Waals surface area (Å²) in [5.41, 5.74) is -4.70. The third-order valence-electron chi connectivity index (χ3n) is 0.657. The fourth-order valence-corrected chi connectivity index (χ4v) is 1.09. The minimum absolute atomic E-state index is 2.35. The second-order valence-corrected chi connectivity index (χ2v) is 3.74. The summed E-state index contributed by atoms with van der Waals surface area (Å²) in [4.78, 5) is 0. The van der Waals surface area contributed by atoms with E-state index in [1.165, 1.54) is 0 Å². The van der Waals surface area contributed by atoms with E-state index in [1.807, 2.05) is 0 Å². The van der Waals surface area contributed by atoms with Crippen molar-refractivity contribution < 1.29 is 26.3 Å². The Morgan fingerprint density at radius 1 is 0.750 bits per heavy atom. The second-order valence-electron chi connectivity index (χ2n) is 1.38. The van der Waals surface area contributed by atoms with Gasteiger partial charge in [0.25, 0.3) is 0 Å². The standard InChI is InChI=1S/C4ClF6P/c5-12(3(10)1(6)7)4(11)2(8)9. The van der Waals surface area contributed by atoms with Crippen molar-refractivity contribution in [2.24, 2.45) is 0 Å². The Bertz CT molecular complexity index is 204. The van der Waals surface area contributed by atoms with Crippen molar-refractivity contribution in [3.05, 3.63) is 23.3 Å². The summed E-state index contributed by atoms with van der Waals surface area (Å²) in [5, 5.41) is 0. The van der Waals surface area contributed by atoms with Crippen LogP contribution in [0.2, 0.25) is 0 Å². The van der Waals surface area contributed by atoms with Crippen molar-refractivity contribution in [2.45, 2.75) is 0 Å². The van der Waals surface area contributed by atoms with Crippen LogP contribution in [-0.4, -0.2) is 0 Å². The van der Waals surface area contributed by atoms with Crippen molar-refractivity contribution in [2.75, 3.05) is 0 Å². The van der Waals surface area contributed by atoms with Crippen LogP contribution in [0.5, 0.6) is 0 Å². The molecule has 12 heavy (non-hydrogen) atoms. The Morgan fingerprint density at radius 2 is 1.00 bits per heavy atom. The average Bonchev–Trinajstić information content (AvgIpc) is 2.00. The van der Waals surface area contributed by atoms with Crippen molar-refractivity contribution in [1.82, 2.24) is 0 Å². The Labute approximate surface area is 69.0 Å². The minimum Gasteiger partial charge on any atom is -0.199 e. The molecular formula is C4ClF6P. The first-order valence-corrected chi connectivity index (χ1v) is 4.50. The van der Waals surface area contributed by atoms with Gasteiger partial charge in [-0.3, -0.25) is 0 Å². The molecule has 0 bridgehead atoms. The third kappa shape index (κ3) is 3.03. The fraction of sp³-hybridized carbons (Fsp3) is 0. The first-order chi connectivity index (χ1) is 5.37. The van der Waals surface area contributed by atoms with Gasteiger partial charge < -0.3 is 0 Å². The van der Waals surface area contributed by atoms with Gasteiger partial charge in [-0.15, -0.1) is 0 Å². The number of halogens is 7. The van der Waals surface area contributed by atoms with Gasteiger partial charge in [0, 0.05) is 0 Å². The molecule has 0 aromatic rings. The first-order valence-electron chi connectivity index (χ1n) is 2.25. The molecule has 0 aliphatic heterocycles. The second kappa shape index (κ2) is 4.72. The number of hydrogen-bond acceptors (Lipinski definition) is 0. The molecule has 0 aromatic heterocycles. The fourth-order valence-electron chi connectivity index (χ4n) is 0.235. The van der Waals surface area contributed by atoms with E-state index in [2.05, 4.69) is 11.2 Å². The van der Waals surface area contributed by atoms with Gasteiger partial charge in [0.1, 0.15) is 7.27 Å². The smallest absolute Gasteiger partial charge is 0.199 e. The molecule has 0 heterocycles. The Kier molecular flexibility index (Phi) is 4.63. The molecule has 0 fully saturated rings. The lowest BCUT2D eigenvalue weighted by Crippen LogP contribution is -1.74. The zero-order valence-electron chi connectivity index (χ0n) is 5.09. The molecule has 0 aliphatic rings. The van der Waals surface area contributed by atoms with Crippen molar-refractivity contribution in [1.29, 1.82) is 0 Å². The normalized spacial score (nSPS) is 10.0. The number of rotatable bonds is 2. The van der Waals surface area contributed by atoms with Gasteiger partial charge in [-0.2, -0.15) is 26.3 Å². The van der Waals surface area contributed by atoms with E-state index in [0.717, 1.165) is 0 Å². The molecule has 8 heteroatoms. The van der Waals surface area contributed by atoms with E-state index in [1.54, 1.807) is 0 Å². The van der Waals surface area contributed by atoms with Gasteiger partial charge in [-0.05, 0) is 0 Å². The zero-order chi connectivity index (χ0) is 9.89. The third-order valence-corrected chi connectivity index (χ3v) is 2.57. The maximum atomic E-state index is 11.9. The summed E-state index contributed by atoms with van der Waals surface area (Å²) >= 11 is 4.61. The van der Waals surface area contributed by atoms with Crippen LogP contribution in [0.25, 0.3) is 0 Å². The molecule has 0 unspecified atom stereocenters. The number of hydrogen-bond donors (Lipinski definition) is 0. The molecule has 0 saturated carbocycles. The minimum atomic E-state index is -3.38. The van der Waals surface area contributed by atoms with Gasteiger partial charge in [0.15, 0.2) is 0 Å². The molecule has 0 nitrogen and oxygen atoms in total. The SMILES string of the molecule is FC(F)=C(F)P(Cl)C(F)=C(F)F. The lowest BCUT2D eigenvalue weighted by Gasteiger charge is -2.00. The highest BCUT2D eigenvalue weighted by Gasteiger charge is 2.25. The summed E-state index contributed by atoms with van der Waals surface area (Å²) in [7, 11) is -3.38. The van der Waals surface area contributed by atoms with Crippen LogP contribution in [0.1, 0.15) is 0 Å². The van der Waals surface area contributed by atoms with Crippen LogP contribution in [0.4, 0.5) is 26.3 Å². The highest BCUT2D eigenvalue weighted by atomic mass is 35.7. The van der Waals surface area contributed by atoms with Crippen LogP contribution in [-0.2, 0) is 0 Å². The summed E-state index contributed by atoms with van der Waals surface area (Å²) in [5.74, 6) is 0.